The molecule has 1 rings (SSSR count). The van der Waals surface area contributed by atoms with Crippen LogP contribution in [0.5, 0.6) is 5.75 Å². The molecule has 0 aliphatic heterocycles. The van der Waals surface area contributed by atoms with E-state index < -0.39 is 0 Å². The third-order valence-electron chi connectivity index (χ3n) is 9.91. The summed E-state index contributed by atoms with van der Waals surface area (Å²) in [5, 5.41) is 2.72. The lowest BCUT2D eigenvalue weighted by Gasteiger charge is -2.09. The second-order valence-corrected chi connectivity index (χ2v) is 15.7. The Morgan fingerprint density at radius 2 is 0.554 bits per heavy atom. The largest absolute Gasteiger partial charge is 0.491 e. The number of rotatable bonds is 55. The highest BCUT2D eigenvalue weighted by Crippen LogP contribution is 2.16. The van der Waals surface area contributed by atoms with Gasteiger partial charge >= 0.3 is 0 Å². The fraction of sp³-hybridized carbons (Fsp3) is 0.860. The molecular weight excluding hydrogens is 839 g/mol. The van der Waals surface area contributed by atoms with Crippen molar-refractivity contribution in [2.75, 3.05) is 170 Å². The summed E-state index contributed by atoms with van der Waals surface area (Å²) < 4.78 is 72.1. The minimum Gasteiger partial charge on any atom is -0.491 e. The number of nitrogens with one attached hydrogen (secondary N) is 1. The van der Waals surface area contributed by atoms with Crippen LogP contribution in [0.15, 0.2) is 24.3 Å². The molecule has 0 atom stereocenters. The van der Waals surface area contributed by atoms with Crippen LogP contribution in [0.3, 0.4) is 0 Å². The van der Waals surface area contributed by atoms with Crippen LogP contribution in [0.1, 0.15) is 117 Å². The van der Waals surface area contributed by atoms with E-state index >= 15 is 0 Å². The zero-order chi connectivity index (χ0) is 46.5. The predicted molar refractivity (Wildman–Crippen MR) is 256 cm³/mol. The highest BCUT2D eigenvalue weighted by Gasteiger charge is 2.00. The summed E-state index contributed by atoms with van der Waals surface area (Å²) in [5.74, 6) is 0.610. The van der Waals surface area contributed by atoms with Gasteiger partial charge in [0.2, 0.25) is 5.91 Å². The van der Waals surface area contributed by atoms with Crippen LogP contribution in [0.2, 0.25) is 0 Å². The Kier molecular flexibility index (Phi) is 49.7. The Morgan fingerprint density at radius 1 is 0.323 bits per heavy atom. The zero-order valence-electron chi connectivity index (χ0n) is 41.0. The number of anilines is 1. The molecule has 1 N–H and O–H groups in total. The fourth-order valence-corrected chi connectivity index (χ4v) is 6.33. The van der Waals surface area contributed by atoms with E-state index in [1.807, 2.05) is 0 Å². The lowest BCUT2D eigenvalue weighted by Crippen LogP contribution is -2.15. The van der Waals surface area contributed by atoms with E-state index in [0.717, 1.165) is 24.5 Å². The van der Waals surface area contributed by atoms with Crippen LogP contribution >= 0.6 is 0 Å². The standard InChI is InChI=1S/C50H93NO14/c1-3-4-5-6-7-8-9-10-11-12-13-14-15-16-17-18-23-53-24-25-54-26-27-55-28-29-56-30-31-57-32-33-58-34-35-59-36-37-60-38-39-61-40-41-62-42-43-63-44-45-64-46-47-65-50-21-19-49(20-22-50)51-48(2)52/h19-22H,3-18,23-47H2,1-2H3,(H,51,52). The van der Waals surface area contributed by atoms with E-state index in [1.54, 1.807) is 24.3 Å². The van der Waals surface area contributed by atoms with Crippen molar-refractivity contribution in [3.8, 4) is 5.75 Å². The van der Waals surface area contributed by atoms with Crippen LogP contribution in [0.4, 0.5) is 5.69 Å². The highest BCUT2D eigenvalue weighted by atomic mass is 16.6. The van der Waals surface area contributed by atoms with Gasteiger partial charge in [0.25, 0.3) is 0 Å². The SMILES string of the molecule is CCCCCCCCCCCCCCCCCCOCCOCCOCCOCCOCCOCCOCCOCCOCCOCCOCCOCCOc1ccc(NC(C)=O)cc1. The maximum atomic E-state index is 11.1. The normalized spacial score (nSPS) is 11.5. The van der Waals surface area contributed by atoms with Crippen LogP contribution in [0, 0.1) is 0 Å². The van der Waals surface area contributed by atoms with Crippen LogP contribution in [-0.2, 0) is 61.6 Å². The number of carbonyl (C=O) groups excluding carboxylic acids is 1. The first kappa shape index (κ1) is 61.0. The molecule has 0 saturated heterocycles. The highest BCUT2D eigenvalue weighted by molar-refractivity contribution is 5.88. The molecule has 0 aromatic heterocycles. The molecule has 0 aliphatic carbocycles. The molecule has 15 nitrogen and oxygen atoms in total. The monoisotopic (exact) mass is 932 g/mol. The van der Waals surface area contributed by atoms with Crippen molar-refractivity contribution in [2.45, 2.75) is 117 Å². The second kappa shape index (κ2) is 53.0. The summed E-state index contributed by atoms with van der Waals surface area (Å²) in [6.45, 7) is 16.9. The van der Waals surface area contributed by atoms with E-state index in [0.29, 0.717) is 159 Å². The summed E-state index contributed by atoms with van der Waals surface area (Å²) in [7, 11) is 0. The Morgan fingerprint density at radius 3 is 0.815 bits per heavy atom. The lowest BCUT2D eigenvalue weighted by atomic mass is 10.0. The van der Waals surface area contributed by atoms with Crippen molar-refractivity contribution >= 4 is 11.6 Å². The maximum Gasteiger partial charge on any atom is 0.221 e. The topological polar surface area (TPSA) is 149 Å². The van der Waals surface area contributed by atoms with E-state index in [4.69, 9.17) is 61.6 Å². The van der Waals surface area contributed by atoms with Crippen molar-refractivity contribution in [1.82, 2.24) is 0 Å². The van der Waals surface area contributed by atoms with Crippen LogP contribution < -0.4 is 10.1 Å². The van der Waals surface area contributed by atoms with Crippen molar-refractivity contribution in [3.63, 3.8) is 0 Å². The Hall–Kier alpha value is -1.99. The van der Waals surface area contributed by atoms with Gasteiger partial charge in [-0.25, -0.2) is 0 Å². The van der Waals surface area contributed by atoms with Crippen LogP contribution in [0.25, 0.3) is 0 Å². The number of carbonyl (C=O) groups is 1. The minimum atomic E-state index is -0.107. The molecule has 1 amide bonds. The van der Waals surface area contributed by atoms with Gasteiger partial charge in [-0.3, -0.25) is 4.79 Å². The van der Waals surface area contributed by atoms with E-state index in [2.05, 4.69) is 12.2 Å². The summed E-state index contributed by atoms with van der Waals surface area (Å²) in [6, 6.07) is 7.19. The number of amides is 1. The Bertz CT molecular complexity index is 1070. The predicted octanol–water partition coefficient (Wildman–Crippen LogP) is 8.48. The summed E-state index contributed by atoms with van der Waals surface area (Å²) >= 11 is 0. The molecular formula is C50H93NO14. The minimum absolute atomic E-state index is 0.107. The van der Waals surface area contributed by atoms with Gasteiger partial charge in [-0.15, -0.1) is 0 Å². The Labute approximate surface area is 394 Å². The molecule has 15 heteroatoms. The molecule has 1 aromatic rings. The zero-order valence-corrected chi connectivity index (χ0v) is 41.0. The first-order valence-corrected chi connectivity index (χ1v) is 25.2. The lowest BCUT2D eigenvalue weighted by molar-refractivity contribution is -0.114. The second-order valence-electron chi connectivity index (χ2n) is 15.7. The van der Waals surface area contributed by atoms with Gasteiger partial charge in [-0.05, 0) is 30.7 Å². The Balaban J connectivity index is 1.61. The van der Waals surface area contributed by atoms with Gasteiger partial charge in [0.05, 0.1) is 152 Å². The van der Waals surface area contributed by atoms with Crippen LogP contribution in [-0.4, -0.2) is 171 Å². The summed E-state index contributed by atoms with van der Waals surface area (Å²) in [5.41, 5.74) is 0.732. The summed E-state index contributed by atoms with van der Waals surface area (Å²) in [6.07, 6.45) is 22.1. The number of unbranched alkanes of at least 4 members (excludes halogenated alkanes) is 15. The molecule has 0 bridgehead atoms. The molecule has 65 heavy (non-hydrogen) atoms. The van der Waals surface area contributed by atoms with E-state index in [1.165, 1.54) is 103 Å². The van der Waals surface area contributed by atoms with E-state index in [-0.39, 0.29) is 5.91 Å². The number of hydrogen-bond donors (Lipinski definition) is 1. The number of benzene rings is 1. The molecule has 1 aromatic carbocycles. The van der Waals surface area contributed by atoms with Crippen molar-refractivity contribution < 1.29 is 66.4 Å². The smallest absolute Gasteiger partial charge is 0.221 e. The fourth-order valence-electron chi connectivity index (χ4n) is 6.33. The van der Waals surface area contributed by atoms with Gasteiger partial charge in [-0.1, -0.05) is 103 Å². The molecule has 0 saturated carbocycles. The molecule has 0 fully saturated rings. The summed E-state index contributed by atoms with van der Waals surface area (Å²) in [4.78, 5) is 11.1. The van der Waals surface area contributed by atoms with Crippen molar-refractivity contribution in [2.24, 2.45) is 0 Å². The molecule has 0 heterocycles. The molecule has 0 aliphatic rings. The first-order chi connectivity index (χ1) is 32.2. The molecule has 0 spiro atoms. The molecule has 0 unspecified atom stereocenters. The van der Waals surface area contributed by atoms with E-state index in [9.17, 15) is 4.79 Å². The number of ether oxygens (including phenoxy) is 13. The van der Waals surface area contributed by atoms with Crippen molar-refractivity contribution in [1.29, 1.82) is 0 Å². The maximum absolute atomic E-state index is 11.1. The van der Waals surface area contributed by atoms with Gasteiger partial charge in [0, 0.05) is 19.2 Å². The first-order valence-electron chi connectivity index (χ1n) is 25.2. The quantitative estimate of drug-likeness (QED) is 0.0623. The van der Waals surface area contributed by atoms with Crippen molar-refractivity contribution in [3.05, 3.63) is 24.3 Å². The molecule has 382 valence electrons. The van der Waals surface area contributed by atoms with Gasteiger partial charge in [-0.2, -0.15) is 0 Å². The van der Waals surface area contributed by atoms with Gasteiger partial charge in [0.15, 0.2) is 0 Å². The average Bonchev–Trinajstić information content (AvgIpc) is 3.31. The van der Waals surface area contributed by atoms with Gasteiger partial charge < -0.3 is 66.9 Å². The third-order valence-corrected chi connectivity index (χ3v) is 9.91. The number of hydrogen-bond acceptors (Lipinski definition) is 14. The molecule has 0 radical (unpaired) electrons. The van der Waals surface area contributed by atoms with Gasteiger partial charge in [0.1, 0.15) is 12.4 Å². The third kappa shape index (κ3) is 49.7. The average molecular weight is 932 g/mol.